The van der Waals surface area contributed by atoms with E-state index in [1.54, 1.807) is 12.4 Å². The first-order valence-electron chi connectivity index (χ1n) is 6.81. The zero-order valence-electron chi connectivity index (χ0n) is 11.1. The van der Waals surface area contributed by atoms with Crippen LogP contribution in [0.3, 0.4) is 0 Å². The summed E-state index contributed by atoms with van der Waals surface area (Å²) < 4.78 is 0. The third kappa shape index (κ3) is 3.17. The molecule has 2 heterocycles. The van der Waals surface area contributed by atoms with Crippen molar-refractivity contribution in [2.75, 3.05) is 37.6 Å². The van der Waals surface area contributed by atoms with Crippen LogP contribution in [0.1, 0.15) is 19.8 Å². The quantitative estimate of drug-likeness (QED) is 0.833. The first-order valence-corrected chi connectivity index (χ1v) is 6.81. The summed E-state index contributed by atoms with van der Waals surface area (Å²) in [5.74, 6) is 0.844. The van der Waals surface area contributed by atoms with Gasteiger partial charge in [-0.3, -0.25) is 4.90 Å². The predicted octanol–water partition coefficient (Wildman–Crippen LogP) is 0.726. The molecule has 5 nitrogen and oxygen atoms in total. The van der Waals surface area contributed by atoms with Gasteiger partial charge in [0.05, 0.1) is 0 Å². The molecule has 1 aromatic rings. The maximum absolute atomic E-state index is 5.86. The molecule has 0 bridgehead atoms. The monoisotopic (exact) mass is 249 g/mol. The number of nitrogens with zero attached hydrogens (tertiary/aromatic N) is 4. The second kappa shape index (κ2) is 6.66. The van der Waals surface area contributed by atoms with Gasteiger partial charge in [-0.05, 0) is 12.5 Å². The van der Waals surface area contributed by atoms with E-state index < -0.39 is 0 Å². The highest BCUT2D eigenvalue weighted by Gasteiger charge is 2.23. The van der Waals surface area contributed by atoms with Gasteiger partial charge in [-0.2, -0.15) is 0 Å². The normalized spacial score (nSPS) is 18.9. The van der Waals surface area contributed by atoms with Gasteiger partial charge < -0.3 is 10.6 Å². The molecule has 100 valence electrons. The standard InChI is InChI=1S/C13H23N5/c1-2-4-12(11-14)17-7-9-18(10-8-17)13-15-5-3-6-16-13/h3,5-6,12H,2,4,7-11,14H2,1H3. The van der Waals surface area contributed by atoms with Gasteiger partial charge in [-0.15, -0.1) is 0 Å². The van der Waals surface area contributed by atoms with Crippen LogP contribution in [0.2, 0.25) is 0 Å². The molecule has 0 aliphatic carbocycles. The van der Waals surface area contributed by atoms with Gasteiger partial charge in [-0.25, -0.2) is 9.97 Å². The summed E-state index contributed by atoms with van der Waals surface area (Å²) in [4.78, 5) is 13.3. The first-order chi connectivity index (χ1) is 8.85. The summed E-state index contributed by atoms with van der Waals surface area (Å²) in [5, 5.41) is 0. The smallest absolute Gasteiger partial charge is 0.225 e. The maximum Gasteiger partial charge on any atom is 0.225 e. The molecule has 2 rings (SSSR count). The van der Waals surface area contributed by atoms with Crippen molar-refractivity contribution in [3.05, 3.63) is 18.5 Å². The lowest BCUT2D eigenvalue weighted by atomic mass is 10.1. The van der Waals surface area contributed by atoms with E-state index in [4.69, 9.17) is 5.73 Å². The molecule has 1 aliphatic heterocycles. The number of rotatable bonds is 5. The predicted molar refractivity (Wildman–Crippen MR) is 73.6 cm³/mol. The minimum Gasteiger partial charge on any atom is -0.338 e. The van der Waals surface area contributed by atoms with Crippen molar-refractivity contribution in [1.82, 2.24) is 14.9 Å². The molecule has 0 spiro atoms. The third-order valence-corrected chi connectivity index (χ3v) is 3.56. The van der Waals surface area contributed by atoms with E-state index in [1.165, 1.54) is 12.8 Å². The van der Waals surface area contributed by atoms with Gasteiger partial charge in [0.15, 0.2) is 0 Å². The third-order valence-electron chi connectivity index (χ3n) is 3.56. The van der Waals surface area contributed by atoms with Crippen LogP contribution in [-0.4, -0.2) is 53.6 Å². The van der Waals surface area contributed by atoms with E-state index in [0.717, 1.165) is 38.7 Å². The number of aromatic nitrogens is 2. The number of piperazine rings is 1. The summed E-state index contributed by atoms with van der Waals surface area (Å²) in [6, 6.07) is 2.39. The van der Waals surface area contributed by atoms with Crippen molar-refractivity contribution >= 4 is 5.95 Å². The largest absolute Gasteiger partial charge is 0.338 e. The van der Waals surface area contributed by atoms with Crippen molar-refractivity contribution in [3.63, 3.8) is 0 Å². The number of hydrogen-bond donors (Lipinski definition) is 1. The Morgan fingerprint density at radius 2 is 1.89 bits per heavy atom. The molecule has 1 unspecified atom stereocenters. The Morgan fingerprint density at radius 1 is 1.22 bits per heavy atom. The number of nitrogens with two attached hydrogens (primary N) is 1. The van der Waals surface area contributed by atoms with Crippen molar-refractivity contribution in [1.29, 1.82) is 0 Å². The zero-order chi connectivity index (χ0) is 12.8. The topological polar surface area (TPSA) is 58.3 Å². The van der Waals surface area contributed by atoms with Crippen LogP contribution < -0.4 is 10.6 Å². The van der Waals surface area contributed by atoms with Crippen molar-refractivity contribution in [2.24, 2.45) is 5.73 Å². The lowest BCUT2D eigenvalue weighted by Gasteiger charge is -2.38. The Kier molecular flexibility index (Phi) is 4.90. The fourth-order valence-electron chi connectivity index (χ4n) is 2.52. The van der Waals surface area contributed by atoms with E-state index >= 15 is 0 Å². The molecular formula is C13H23N5. The molecule has 1 saturated heterocycles. The van der Waals surface area contributed by atoms with Crippen LogP contribution in [-0.2, 0) is 0 Å². The Bertz CT molecular complexity index is 334. The lowest BCUT2D eigenvalue weighted by Crippen LogP contribution is -2.52. The Hall–Kier alpha value is -1.20. The summed E-state index contributed by atoms with van der Waals surface area (Å²) in [6.45, 7) is 7.07. The summed E-state index contributed by atoms with van der Waals surface area (Å²) >= 11 is 0. The average Bonchev–Trinajstić information content (AvgIpc) is 2.46. The minimum atomic E-state index is 0.536. The second-order valence-corrected chi connectivity index (χ2v) is 4.75. The second-order valence-electron chi connectivity index (χ2n) is 4.75. The Balaban J connectivity index is 1.88. The zero-order valence-corrected chi connectivity index (χ0v) is 11.1. The van der Waals surface area contributed by atoms with Gasteiger partial charge in [0.1, 0.15) is 0 Å². The number of anilines is 1. The molecule has 2 N–H and O–H groups in total. The molecule has 1 fully saturated rings. The van der Waals surface area contributed by atoms with Crippen LogP contribution in [0.5, 0.6) is 0 Å². The Morgan fingerprint density at radius 3 is 2.44 bits per heavy atom. The van der Waals surface area contributed by atoms with E-state index in [0.29, 0.717) is 6.04 Å². The fourth-order valence-corrected chi connectivity index (χ4v) is 2.52. The average molecular weight is 249 g/mol. The highest BCUT2D eigenvalue weighted by Crippen LogP contribution is 2.13. The molecular weight excluding hydrogens is 226 g/mol. The number of hydrogen-bond acceptors (Lipinski definition) is 5. The van der Waals surface area contributed by atoms with Crippen LogP contribution in [0, 0.1) is 0 Å². The molecule has 0 radical (unpaired) electrons. The Labute approximate surface area is 109 Å². The lowest BCUT2D eigenvalue weighted by molar-refractivity contribution is 0.179. The van der Waals surface area contributed by atoms with Crippen LogP contribution in [0.4, 0.5) is 5.95 Å². The van der Waals surface area contributed by atoms with Crippen LogP contribution in [0.25, 0.3) is 0 Å². The van der Waals surface area contributed by atoms with Crippen molar-refractivity contribution in [2.45, 2.75) is 25.8 Å². The van der Waals surface area contributed by atoms with E-state index in [9.17, 15) is 0 Å². The summed E-state index contributed by atoms with van der Waals surface area (Å²) in [5.41, 5.74) is 5.86. The van der Waals surface area contributed by atoms with Gasteiger partial charge in [0.2, 0.25) is 5.95 Å². The van der Waals surface area contributed by atoms with Gasteiger partial charge >= 0.3 is 0 Å². The van der Waals surface area contributed by atoms with Crippen molar-refractivity contribution < 1.29 is 0 Å². The van der Waals surface area contributed by atoms with Gasteiger partial charge in [-0.1, -0.05) is 13.3 Å². The van der Waals surface area contributed by atoms with Gasteiger partial charge in [0, 0.05) is 51.2 Å². The highest BCUT2D eigenvalue weighted by molar-refractivity contribution is 5.29. The molecule has 1 atom stereocenters. The molecule has 18 heavy (non-hydrogen) atoms. The van der Waals surface area contributed by atoms with Gasteiger partial charge in [0.25, 0.3) is 0 Å². The van der Waals surface area contributed by atoms with Crippen molar-refractivity contribution in [3.8, 4) is 0 Å². The minimum absolute atomic E-state index is 0.536. The maximum atomic E-state index is 5.86. The molecule has 0 amide bonds. The van der Waals surface area contributed by atoms with E-state index in [-0.39, 0.29) is 0 Å². The summed E-state index contributed by atoms with van der Waals surface area (Å²) in [6.07, 6.45) is 5.99. The highest BCUT2D eigenvalue weighted by atomic mass is 15.3. The molecule has 0 aromatic carbocycles. The molecule has 1 aromatic heterocycles. The molecule has 1 aliphatic rings. The first kappa shape index (κ1) is 13.2. The van der Waals surface area contributed by atoms with Crippen LogP contribution >= 0.6 is 0 Å². The van der Waals surface area contributed by atoms with E-state index in [1.807, 2.05) is 6.07 Å². The fraction of sp³-hybridized carbons (Fsp3) is 0.692. The van der Waals surface area contributed by atoms with Crippen LogP contribution in [0.15, 0.2) is 18.5 Å². The summed E-state index contributed by atoms with van der Waals surface area (Å²) in [7, 11) is 0. The molecule has 0 saturated carbocycles. The molecule has 5 heteroatoms. The SMILES string of the molecule is CCCC(CN)N1CCN(c2ncccn2)CC1. The van der Waals surface area contributed by atoms with E-state index in [2.05, 4.69) is 26.7 Å².